The Balaban J connectivity index is 2.30. The van der Waals surface area contributed by atoms with Gasteiger partial charge in [-0.1, -0.05) is 236 Å². The van der Waals surface area contributed by atoms with Crippen molar-refractivity contribution in [2.24, 2.45) is 0 Å². The summed E-state index contributed by atoms with van der Waals surface area (Å²) in [4.78, 5) is 13.2. The average molecular weight is 1050 g/mol. The van der Waals surface area contributed by atoms with E-state index >= 15 is 0 Å². The monoisotopic (exact) mass is 1050 g/mol. The molecular formula is C63H117NO10. The number of ether oxygens (including phenoxy) is 2. The summed E-state index contributed by atoms with van der Waals surface area (Å²) in [5.74, 6) is -0.711. The second-order valence-electron chi connectivity index (χ2n) is 21.7. The van der Waals surface area contributed by atoms with Crippen molar-refractivity contribution in [3.63, 3.8) is 0 Å². The molecule has 8 N–H and O–H groups in total. The van der Waals surface area contributed by atoms with Crippen LogP contribution in [-0.2, 0) is 14.3 Å². The number of nitrogens with one attached hydrogen (secondary N) is 1. The third kappa shape index (κ3) is 39.4. The molecule has 0 aliphatic carbocycles. The number of allylic oxidation sites excluding steroid dienone is 8. The first-order valence-electron chi connectivity index (χ1n) is 31.0. The number of aliphatic hydroxyl groups is 7. The third-order valence-corrected chi connectivity index (χ3v) is 14.8. The van der Waals surface area contributed by atoms with Gasteiger partial charge in [-0.3, -0.25) is 4.79 Å². The van der Waals surface area contributed by atoms with E-state index in [4.69, 9.17) is 9.47 Å². The van der Waals surface area contributed by atoms with Gasteiger partial charge in [0.25, 0.3) is 0 Å². The van der Waals surface area contributed by atoms with Crippen LogP contribution in [0.5, 0.6) is 0 Å². The minimum absolute atomic E-state index is 0.240. The van der Waals surface area contributed by atoms with Crippen molar-refractivity contribution < 1.29 is 50.0 Å². The lowest BCUT2D eigenvalue weighted by Crippen LogP contribution is -2.60. The van der Waals surface area contributed by atoms with E-state index in [-0.39, 0.29) is 12.8 Å². The van der Waals surface area contributed by atoms with Crippen LogP contribution in [-0.4, -0.2) is 110 Å². The normalized spacial score (nSPS) is 20.1. The molecule has 434 valence electrons. The predicted molar refractivity (Wildman–Crippen MR) is 307 cm³/mol. The van der Waals surface area contributed by atoms with Gasteiger partial charge in [-0.2, -0.15) is 0 Å². The predicted octanol–water partition coefficient (Wildman–Crippen LogP) is 13.6. The molecule has 1 fully saturated rings. The molecule has 9 atom stereocenters. The Labute approximate surface area is 453 Å². The number of amides is 1. The molecule has 11 nitrogen and oxygen atoms in total. The fourth-order valence-electron chi connectivity index (χ4n) is 9.76. The van der Waals surface area contributed by atoms with E-state index in [2.05, 4.69) is 67.8 Å². The first-order chi connectivity index (χ1) is 36.2. The van der Waals surface area contributed by atoms with Crippen LogP contribution in [0.15, 0.2) is 48.6 Å². The van der Waals surface area contributed by atoms with Gasteiger partial charge in [0, 0.05) is 0 Å². The van der Waals surface area contributed by atoms with Crippen molar-refractivity contribution in [1.29, 1.82) is 0 Å². The first-order valence-corrected chi connectivity index (χ1v) is 31.0. The highest BCUT2D eigenvalue weighted by molar-refractivity contribution is 5.80. The van der Waals surface area contributed by atoms with Crippen molar-refractivity contribution in [3.05, 3.63) is 48.6 Å². The minimum atomic E-state index is -1.67. The molecule has 0 saturated carbocycles. The first kappa shape index (κ1) is 70.1. The van der Waals surface area contributed by atoms with Gasteiger partial charge in [0.15, 0.2) is 6.29 Å². The Morgan fingerprint density at radius 2 is 0.811 bits per heavy atom. The zero-order valence-corrected chi connectivity index (χ0v) is 47.6. The third-order valence-electron chi connectivity index (χ3n) is 14.8. The van der Waals surface area contributed by atoms with Gasteiger partial charge in [-0.25, -0.2) is 0 Å². The number of unbranched alkanes of at least 4 members (excludes halogenated alkanes) is 33. The van der Waals surface area contributed by atoms with Crippen LogP contribution in [0.3, 0.4) is 0 Å². The summed E-state index contributed by atoms with van der Waals surface area (Å²) in [7, 11) is 0. The summed E-state index contributed by atoms with van der Waals surface area (Å²) in [6, 6.07) is -1.20. The zero-order chi connectivity index (χ0) is 54.0. The molecule has 1 aliphatic heterocycles. The van der Waals surface area contributed by atoms with E-state index in [0.29, 0.717) is 19.3 Å². The molecule has 9 unspecified atom stereocenters. The van der Waals surface area contributed by atoms with Gasteiger partial charge in [-0.05, 0) is 89.9 Å². The topological polar surface area (TPSA) is 189 Å². The molecular weight excluding hydrogens is 931 g/mol. The molecule has 0 bridgehead atoms. The summed E-state index contributed by atoms with van der Waals surface area (Å²) in [6.07, 6.45) is 54.6. The number of hydrogen-bond donors (Lipinski definition) is 8. The maximum absolute atomic E-state index is 13.2. The highest BCUT2D eigenvalue weighted by Gasteiger charge is 2.44. The zero-order valence-electron chi connectivity index (χ0n) is 47.6. The van der Waals surface area contributed by atoms with Crippen LogP contribution < -0.4 is 5.32 Å². The van der Waals surface area contributed by atoms with Crippen molar-refractivity contribution in [2.45, 2.75) is 332 Å². The molecule has 0 aromatic rings. The average Bonchev–Trinajstić information content (AvgIpc) is 3.40. The van der Waals surface area contributed by atoms with E-state index in [0.717, 1.165) is 44.9 Å². The van der Waals surface area contributed by atoms with Crippen LogP contribution in [0.4, 0.5) is 0 Å². The number of carbonyl (C=O) groups excluding carboxylic acids is 1. The van der Waals surface area contributed by atoms with Crippen LogP contribution >= 0.6 is 0 Å². The Hall–Kier alpha value is -1.93. The summed E-state index contributed by atoms with van der Waals surface area (Å²) in [5, 5.41) is 76.2. The molecule has 1 aliphatic rings. The van der Waals surface area contributed by atoms with E-state index in [1.165, 1.54) is 186 Å². The summed E-state index contributed by atoms with van der Waals surface area (Å²) in [6.45, 7) is 3.45. The van der Waals surface area contributed by atoms with Gasteiger partial charge < -0.3 is 50.5 Å². The number of hydrogen-bond acceptors (Lipinski definition) is 10. The van der Waals surface area contributed by atoms with E-state index < -0.39 is 74.2 Å². The fourth-order valence-corrected chi connectivity index (χ4v) is 9.76. The van der Waals surface area contributed by atoms with Crippen LogP contribution in [0.2, 0.25) is 0 Å². The minimum Gasteiger partial charge on any atom is -0.394 e. The largest absolute Gasteiger partial charge is 0.394 e. The molecule has 1 saturated heterocycles. The van der Waals surface area contributed by atoms with Gasteiger partial charge in [0.05, 0.1) is 25.4 Å². The lowest BCUT2D eigenvalue weighted by atomic mass is 9.98. The van der Waals surface area contributed by atoms with Crippen molar-refractivity contribution >= 4 is 5.91 Å². The maximum atomic E-state index is 13.2. The standard InChI is InChI=1S/C63H117NO10/c1-3-5-7-9-11-13-15-17-19-21-23-25-26-27-28-29-30-31-33-35-37-39-41-43-45-47-49-51-56(67)62(72)64-54(53-73-63-61(71)60(70)59(69)57(52-65)74-63)58(68)55(66)50-48-46-44-42-40-38-36-34-32-24-22-20-18-16-14-12-10-8-6-4-2/h20,22,27-28,34,36,42,44,54-61,63,65-71H,3-19,21,23-26,29-33,35,37-41,43,45-53H2,1-2H3,(H,64,72)/b22-20+,28-27-,36-34+,44-42+. The van der Waals surface area contributed by atoms with Crippen molar-refractivity contribution in [3.8, 4) is 0 Å². The van der Waals surface area contributed by atoms with Crippen molar-refractivity contribution in [2.75, 3.05) is 13.2 Å². The number of aliphatic hydroxyl groups excluding tert-OH is 7. The Bertz CT molecular complexity index is 1340. The summed E-state index contributed by atoms with van der Waals surface area (Å²) >= 11 is 0. The Morgan fingerprint density at radius 3 is 1.20 bits per heavy atom. The van der Waals surface area contributed by atoms with Gasteiger partial charge >= 0.3 is 0 Å². The Morgan fingerprint density at radius 1 is 0.459 bits per heavy atom. The Kier molecular flexibility index (Phi) is 49.1. The van der Waals surface area contributed by atoms with Crippen LogP contribution in [0.25, 0.3) is 0 Å². The second-order valence-corrected chi connectivity index (χ2v) is 21.7. The smallest absolute Gasteiger partial charge is 0.249 e. The molecule has 0 aromatic heterocycles. The summed E-state index contributed by atoms with van der Waals surface area (Å²) in [5.41, 5.74) is 0. The number of carbonyl (C=O) groups is 1. The molecule has 0 radical (unpaired) electrons. The van der Waals surface area contributed by atoms with Crippen molar-refractivity contribution in [1.82, 2.24) is 5.32 Å². The van der Waals surface area contributed by atoms with E-state index in [9.17, 15) is 40.5 Å². The van der Waals surface area contributed by atoms with Crippen LogP contribution in [0, 0.1) is 0 Å². The molecule has 11 heteroatoms. The molecule has 74 heavy (non-hydrogen) atoms. The molecule has 1 amide bonds. The van der Waals surface area contributed by atoms with E-state index in [1.54, 1.807) is 0 Å². The maximum Gasteiger partial charge on any atom is 0.249 e. The molecule has 1 rings (SSSR count). The highest BCUT2D eigenvalue weighted by atomic mass is 16.7. The lowest BCUT2D eigenvalue weighted by Gasteiger charge is -2.40. The summed E-state index contributed by atoms with van der Waals surface area (Å²) < 4.78 is 11.1. The second kappa shape index (κ2) is 51.8. The lowest BCUT2D eigenvalue weighted by molar-refractivity contribution is -0.303. The van der Waals surface area contributed by atoms with Gasteiger partial charge in [0.2, 0.25) is 5.91 Å². The van der Waals surface area contributed by atoms with Gasteiger partial charge in [-0.15, -0.1) is 0 Å². The molecule has 0 aromatic carbocycles. The molecule has 1 heterocycles. The number of rotatable bonds is 53. The van der Waals surface area contributed by atoms with Gasteiger partial charge in [0.1, 0.15) is 36.6 Å². The molecule has 0 spiro atoms. The quantitative estimate of drug-likeness (QED) is 0.0215. The fraction of sp³-hybridized carbons (Fsp3) is 0.857. The van der Waals surface area contributed by atoms with Crippen LogP contribution in [0.1, 0.15) is 277 Å². The van der Waals surface area contributed by atoms with E-state index in [1.807, 2.05) is 0 Å². The highest BCUT2D eigenvalue weighted by Crippen LogP contribution is 2.23. The SMILES string of the molecule is CCCCCCCCC/C=C/CC/C=C/CC/C=C/CCCC(O)C(O)C(COC1OC(CO)C(O)C(O)C1O)NC(=O)C(O)CCCCCCCCCCCCC/C=C\CCCCCCCCCCCCCC.